The normalized spacial score (nSPS) is 10.5. The third-order valence-corrected chi connectivity index (χ3v) is 3.89. The fourth-order valence-electron chi connectivity index (χ4n) is 2.53. The van der Waals surface area contributed by atoms with Gasteiger partial charge >= 0.3 is 11.1 Å². The van der Waals surface area contributed by atoms with Crippen molar-refractivity contribution in [1.29, 1.82) is 0 Å². The fraction of sp³-hybridized carbons (Fsp3) is 0.167. The number of carbonyl (C=O) groups is 1. The fourth-order valence-corrected chi connectivity index (χ4v) is 2.53. The van der Waals surface area contributed by atoms with Crippen LogP contribution in [0.5, 0.6) is 11.5 Å². The second kappa shape index (κ2) is 7.14. The number of methoxy groups -OCH3 is 2. The number of carbonyl (C=O) groups excluding carboxylic acids is 1. The van der Waals surface area contributed by atoms with Crippen LogP contribution in [0.1, 0.15) is 15.9 Å². The molecular weight excluding hydrogens is 338 g/mol. The van der Waals surface area contributed by atoms with Gasteiger partial charge in [-0.05, 0) is 35.9 Å². The number of nitrogens with one attached hydrogen (secondary N) is 3. The third kappa shape index (κ3) is 3.44. The summed E-state index contributed by atoms with van der Waals surface area (Å²) in [5, 5.41) is 2.80. The highest BCUT2D eigenvalue weighted by Gasteiger charge is 2.09. The Morgan fingerprint density at radius 1 is 0.923 bits per heavy atom. The van der Waals surface area contributed by atoms with Crippen molar-refractivity contribution >= 4 is 16.9 Å². The highest BCUT2D eigenvalue weighted by molar-refractivity contribution is 5.97. The van der Waals surface area contributed by atoms with E-state index >= 15 is 0 Å². The van der Waals surface area contributed by atoms with Gasteiger partial charge in [-0.25, -0.2) is 0 Å². The molecular formula is C18H17N3O5. The van der Waals surface area contributed by atoms with Gasteiger partial charge in [0.25, 0.3) is 5.91 Å². The van der Waals surface area contributed by atoms with Gasteiger partial charge in [0.1, 0.15) is 0 Å². The van der Waals surface area contributed by atoms with Crippen molar-refractivity contribution in [3.63, 3.8) is 0 Å². The molecule has 0 bridgehead atoms. The van der Waals surface area contributed by atoms with E-state index in [2.05, 4.69) is 15.3 Å². The Bertz CT molecular complexity index is 1080. The number of fused-ring (bicyclic) bond motifs is 1. The highest BCUT2D eigenvalue weighted by Crippen LogP contribution is 2.27. The molecule has 1 amide bonds. The summed E-state index contributed by atoms with van der Waals surface area (Å²) in [4.78, 5) is 40.0. The number of aromatic nitrogens is 2. The van der Waals surface area contributed by atoms with E-state index in [0.717, 1.165) is 5.56 Å². The van der Waals surface area contributed by atoms with Crippen LogP contribution in [0.3, 0.4) is 0 Å². The predicted molar refractivity (Wildman–Crippen MR) is 95.9 cm³/mol. The quantitative estimate of drug-likeness (QED) is 0.595. The van der Waals surface area contributed by atoms with Crippen molar-refractivity contribution < 1.29 is 14.3 Å². The van der Waals surface area contributed by atoms with E-state index in [1.54, 1.807) is 38.5 Å². The van der Waals surface area contributed by atoms with Crippen molar-refractivity contribution in [3.8, 4) is 11.5 Å². The van der Waals surface area contributed by atoms with Gasteiger partial charge in [0, 0.05) is 12.1 Å². The largest absolute Gasteiger partial charge is 0.493 e. The predicted octanol–water partition coefficient (Wildman–Crippen LogP) is 1.16. The summed E-state index contributed by atoms with van der Waals surface area (Å²) < 4.78 is 10.4. The molecule has 0 spiro atoms. The van der Waals surface area contributed by atoms with Gasteiger partial charge < -0.3 is 24.8 Å². The topological polar surface area (TPSA) is 113 Å². The molecule has 3 aromatic rings. The maximum atomic E-state index is 12.4. The Balaban J connectivity index is 1.78. The van der Waals surface area contributed by atoms with Gasteiger partial charge in [-0.1, -0.05) is 6.07 Å². The molecule has 0 aliphatic carbocycles. The summed E-state index contributed by atoms with van der Waals surface area (Å²) in [7, 11) is 3.09. The first kappa shape index (κ1) is 17.3. The van der Waals surface area contributed by atoms with Crippen LogP contribution in [0.2, 0.25) is 0 Å². The van der Waals surface area contributed by atoms with E-state index in [-0.39, 0.29) is 5.91 Å². The van der Waals surface area contributed by atoms with Crippen LogP contribution in [0.15, 0.2) is 46.0 Å². The van der Waals surface area contributed by atoms with Crippen LogP contribution < -0.4 is 25.9 Å². The molecule has 1 heterocycles. The Kier molecular flexibility index (Phi) is 4.74. The maximum absolute atomic E-state index is 12.4. The van der Waals surface area contributed by atoms with Crippen molar-refractivity contribution in [3.05, 3.63) is 68.2 Å². The summed E-state index contributed by atoms with van der Waals surface area (Å²) in [5.41, 5.74) is 0.540. The van der Waals surface area contributed by atoms with Gasteiger partial charge in [0.2, 0.25) is 0 Å². The Morgan fingerprint density at radius 2 is 1.62 bits per heavy atom. The molecule has 0 unspecified atom stereocenters. The molecule has 0 aliphatic heterocycles. The van der Waals surface area contributed by atoms with Crippen LogP contribution in [0.4, 0.5) is 0 Å². The van der Waals surface area contributed by atoms with Crippen molar-refractivity contribution in [1.82, 2.24) is 15.3 Å². The van der Waals surface area contributed by atoms with Crippen molar-refractivity contribution in [2.24, 2.45) is 0 Å². The summed E-state index contributed by atoms with van der Waals surface area (Å²) >= 11 is 0. The average Bonchev–Trinajstić information content (AvgIpc) is 2.66. The first-order valence-corrected chi connectivity index (χ1v) is 7.77. The summed E-state index contributed by atoms with van der Waals surface area (Å²) in [6.45, 7) is 0.291. The molecule has 3 rings (SSSR count). The number of ether oxygens (including phenoxy) is 2. The number of amides is 1. The molecule has 1 aromatic heterocycles. The minimum atomic E-state index is -0.764. The zero-order valence-corrected chi connectivity index (χ0v) is 14.2. The van der Waals surface area contributed by atoms with E-state index < -0.39 is 11.1 Å². The molecule has 0 fully saturated rings. The molecule has 0 radical (unpaired) electrons. The number of hydrogen-bond donors (Lipinski definition) is 3. The zero-order valence-electron chi connectivity index (χ0n) is 14.2. The van der Waals surface area contributed by atoms with Gasteiger partial charge in [-0.3, -0.25) is 14.4 Å². The van der Waals surface area contributed by atoms with Crippen LogP contribution >= 0.6 is 0 Å². The molecule has 8 heteroatoms. The molecule has 0 saturated heterocycles. The molecule has 0 saturated carbocycles. The van der Waals surface area contributed by atoms with Gasteiger partial charge in [-0.15, -0.1) is 0 Å². The van der Waals surface area contributed by atoms with Crippen molar-refractivity contribution in [2.75, 3.05) is 14.2 Å². The minimum Gasteiger partial charge on any atom is -0.493 e. The van der Waals surface area contributed by atoms with E-state index in [1.165, 1.54) is 6.07 Å². The van der Waals surface area contributed by atoms with Crippen LogP contribution in [0.25, 0.3) is 11.0 Å². The second-order valence-corrected chi connectivity index (χ2v) is 5.54. The first-order chi connectivity index (χ1) is 12.5. The number of benzene rings is 2. The Hall–Kier alpha value is -3.55. The maximum Gasteiger partial charge on any atom is 0.314 e. The van der Waals surface area contributed by atoms with Crippen LogP contribution in [0, 0.1) is 0 Å². The van der Waals surface area contributed by atoms with Gasteiger partial charge in [0.15, 0.2) is 11.5 Å². The third-order valence-electron chi connectivity index (χ3n) is 3.89. The first-order valence-electron chi connectivity index (χ1n) is 7.77. The lowest BCUT2D eigenvalue weighted by molar-refractivity contribution is 0.0951. The number of H-pyrrole nitrogens is 2. The second-order valence-electron chi connectivity index (χ2n) is 5.54. The number of rotatable bonds is 5. The Morgan fingerprint density at radius 3 is 2.31 bits per heavy atom. The van der Waals surface area contributed by atoms with Crippen molar-refractivity contribution in [2.45, 2.75) is 6.54 Å². The summed E-state index contributed by atoms with van der Waals surface area (Å²) in [6.07, 6.45) is 0. The van der Waals surface area contributed by atoms with Crippen LogP contribution in [-0.4, -0.2) is 30.1 Å². The van der Waals surface area contributed by atoms with E-state index in [1.807, 2.05) is 6.07 Å². The zero-order chi connectivity index (χ0) is 18.7. The monoisotopic (exact) mass is 355 g/mol. The molecule has 8 nitrogen and oxygen atoms in total. The SMILES string of the molecule is COc1ccc(CNC(=O)c2ccc3[nH]c(=O)c(=O)[nH]c3c2)cc1OC. The summed E-state index contributed by atoms with van der Waals surface area (Å²) in [6, 6.07) is 10.0. The number of hydrogen-bond acceptors (Lipinski definition) is 5. The highest BCUT2D eigenvalue weighted by atomic mass is 16.5. The van der Waals surface area contributed by atoms with E-state index in [0.29, 0.717) is 34.6 Å². The molecule has 2 aromatic carbocycles. The lowest BCUT2D eigenvalue weighted by atomic mass is 10.1. The molecule has 0 atom stereocenters. The van der Waals surface area contributed by atoms with Crippen LogP contribution in [-0.2, 0) is 6.54 Å². The molecule has 0 aliphatic rings. The molecule has 26 heavy (non-hydrogen) atoms. The lowest BCUT2D eigenvalue weighted by Crippen LogP contribution is -2.29. The smallest absolute Gasteiger partial charge is 0.314 e. The molecule has 134 valence electrons. The van der Waals surface area contributed by atoms with E-state index in [9.17, 15) is 14.4 Å². The number of aromatic amines is 2. The average molecular weight is 355 g/mol. The Labute approximate surface area is 147 Å². The molecule has 3 N–H and O–H groups in total. The minimum absolute atomic E-state index is 0.291. The summed E-state index contributed by atoms with van der Waals surface area (Å²) in [5.74, 6) is 0.871. The van der Waals surface area contributed by atoms with Gasteiger partial charge in [0.05, 0.1) is 25.3 Å². The lowest BCUT2D eigenvalue weighted by Gasteiger charge is -2.10. The van der Waals surface area contributed by atoms with Gasteiger partial charge in [-0.2, -0.15) is 0 Å². The van der Waals surface area contributed by atoms with E-state index in [4.69, 9.17) is 9.47 Å². The standard InChI is InChI=1S/C18H17N3O5/c1-25-14-6-3-10(7-15(14)26-2)9-19-16(22)11-4-5-12-13(8-11)21-18(24)17(23)20-12/h3-8H,9H2,1-2H3,(H,19,22)(H,20,23)(H,21,24).